The minimum atomic E-state index is -1.56. The summed E-state index contributed by atoms with van der Waals surface area (Å²) < 4.78 is 22.2. The highest BCUT2D eigenvalue weighted by molar-refractivity contribution is 7.75. The quantitative estimate of drug-likeness (QED) is 0.308. The standard InChI is InChI=1S/C18H38O3S/c1-4-7-9-10-11-12-13-14-16-20-22(19)21-17-18(6-3)15-8-5-2/h18H,4-17H2,1-3H3. The van der Waals surface area contributed by atoms with Crippen LogP contribution in [0.3, 0.4) is 0 Å². The fraction of sp³-hybridized carbons (Fsp3) is 1.00. The summed E-state index contributed by atoms with van der Waals surface area (Å²) in [6.07, 6.45) is 14.7. The zero-order chi connectivity index (χ0) is 16.5. The molecule has 0 bridgehead atoms. The molecule has 134 valence electrons. The van der Waals surface area contributed by atoms with Crippen molar-refractivity contribution in [2.24, 2.45) is 5.92 Å². The number of rotatable bonds is 17. The molecule has 0 heterocycles. The predicted molar refractivity (Wildman–Crippen MR) is 96.0 cm³/mol. The van der Waals surface area contributed by atoms with Gasteiger partial charge in [-0.25, -0.2) is 0 Å². The number of hydrogen-bond acceptors (Lipinski definition) is 3. The third-order valence-electron chi connectivity index (χ3n) is 4.12. The third-order valence-corrected chi connectivity index (χ3v) is 4.81. The molecule has 0 N–H and O–H groups in total. The minimum absolute atomic E-state index is 0.510. The first-order chi connectivity index (χ1) is 10.7. The monoisotopic (exact) mass is 334 g/mol. The zero-order valence-electron chi connectivity index (χ0n) is 15.1. The van der Waals surface area contributed by atoms with E-state index in [2.05, 4.69) is 20.8 Å². The lowest BCUT2D eigenvalue weighted by Gasteiger charge is -2.13. The second-order valence-corrected chi connectivity index (χ2v) is 7.08. The second-order valence-electron chi connectivity index (χ2n) is 6.20. The summed E-state index contributed by atoms with van der Waals surface area (Å²) in [4.78, 5) is 0. The van der Waals surface area contributed by atoms with E-state index in [0.717, 1.165) is 25.7 Å². The van der Waals surface area contributed by atoms with Crippen molar-refractivity contribution in [2.45, 2.75) is 97.8 Å². The van der Waals surface area contributed by atoms with Crippen LogP contribution in [0.4, 0.5) is 0 Å². The summed E-state index contributed by atoms with van der Waals surface area (Å²) in [7, 11) is 0. The van der Waals surface area contributed by atoms with Crippen LogP contribution in [0, 0.1) is 5.92 Å². The van der Waals surface area contributed by atoms with Crippen LogP contribution in [0.2, 0.25) is 0 Å². The van der Waals surface area contributed by atoms with Gasteiger partial charge in [0.05, 0.1) is 13.2 Å². The molecule has 0 aromatic heterocycles. The molecule has 0 aliphatic heterocycles. The number of unbranched alkanes of at least 4 members (excludes halogenated alkanes) is 8. The molecule has 4 heteroatoms. The maximum absolute atomic E-state index is 11.6. The van der Waals surface area contributed by atoms with Crippen LogP contribution in [-0.2, 0) is 19.7 Å². The molecule has 0 aliphatic rings. The maximum Gasteiger partial charge on any atom is 0.304 e. The predicted octanol–water partition coefficient (Wildman–Crippen LogP) is 5.96. The molecule has 0 radical (unpaired) electrons. The van der Waals surface area contributed by atoms with Gasteiger partial charge in [0.25, 0.3) is 0 Å². The number of hydrogen-bond donors (Lipinski definition) is 0. The van der Waals surface area contributed by atoms with E-state index in [-0.39, 0.29) is 0 Å². The molecule has 2 atom stereocenters. The van der Waals surface area contributed by atoms with Crippen LogP contribution < -0.4 is 0 Å². The van der Waals surface area contributed by atoms with Gasteiger partial charge in [0.15, 0.2) is 0 Å². The second kappa shape index (κ2) is 17.4. The molecule has 0 aliphatic carbocycles. The van der Waals surface area contributed by atoms with Crippen LogP contribution in [0.15, 0.2) is 0 Å². The van der Waals surface area contributed by atoms with E-state index >= 15 is 0 Å². The zero-order valence-corrected chi connectivity index (χ0v) is 15.9. The highest BCUT2D eigenvalue weighted by atomic mass is 32.2. The fourth-order valence-electron chi connectivity index (χ4n) is 2.45. The Labute approximate surface area is 141 Å². The summed E-state index contributed by atoms with van der Waals surface area (Å²) in [6, 6.07) is 0. The first-order valence-corrected chi connectivity index (χ1v) is 10.4. The van der Waals surface area contributed by atoms with E-state index in [1.54, 1.807) is 0 Å². The molecular formula is C18H38O3S. The molecule has 0 aromatic rings. The Morgan fingerprint density at radius 2 is 1.36 bits per heavy atom. The van der Waals surface area contributed by atoms with Gasteiger partial charge in [0.1, 0.15) is 0 Å². The smallest absolute Gasteiger partial charge is 0.268 e. The summed E-state index contributed by atoms with van der Waals surface area (Å²) in [5.74, 6) is 0.510. The summed E-state index contributed by atoms with van der Waals surface area (Å²) in [6.45, 7) is 7.70. The minimum Gasteiger partial charge on any atom is -0.268 e. The lowest BCUT2D eigenvalue weighted by Crippen LogP contribution is -2.12. The molecule has 0 spiro atoms. The van der Waals surface area contributed by atoms with Crippen molar-refractivity contribution in [3.8, 4) is 0 Å². The molecule has 0 aromatic carbocycles. The third kappa shape index (κ3) is 15.0. The Balaban J connectivity index is 3.38. The highest BCUT2D eigenvalue weighted by Gasteiger charge is 2.09. The van der Waals surface area contributed by atoms with Crippen molar-refractivity contribution < 1.29 is 12.6 Å². The average Bonchev–Trinajstić information content (AvgIpc) is 2.53. The van der Waals surface area contributed by atoms with Crippen molar-refractivity contribution in [3.05, 3.63) is 0 Å². The topological polar surface area (TPSA) is 35.5 Å². The Bertz CT molecular complexity index is 246. The average molecular weight is 335 g/mol. The van der Waals surface area contributed by atoms with Crippen molar-refractivity contribution in [1.82, 2.24) is 0 Å². The molecule has 0 amide bonds. The summed E-state index contributed by atoms with van der Waals surface area (Å²) >= 11 is -1.56. The molecule has 0 rings (SSSR count). The van der Waals surface area contributed by atoms with E-state index in [9.17, 15) is 4.21 Å². The van der Waals surface area contributed by atoms with Crippen molar-refractivity contribution >= 4 is 11.4 Å². The van der Waals surface area contributed by atoms with Gasteiger partial charge in [-0.1, -0.05) is 85.0 Å². The molecule has 2 unspecified atom stereocenters. The Hall–Kier alpha value is 0.0700. The van der Waals surface area contributed by atoms with Crippen LogP contribution in [0.1, 0.15) is 97.8 Å². The summed E-state index contributed by atoms with van der Waals surface area (Å²) in [5.41, 5.74) is 0. The van der Waals surface area contributed by atoms with Gasteiger partial charge in [-0.3, -0.25) is 8.37 Å². The van der Waals surface area contributed by atoms with E-state index in [4.69, 9.17) is 8.37 Å². The van der Waals surface area contributed by atoms with Crippen LogP contribution >= 0.6 is 0 Å². The van der Waals surface area contributed by atoms with Gasteiger partial charge < -0.3 is 0 Å². The molecular weight excluding hydrogens is 296 g/mol. The van der Waals surface area contributed by atoms with E-state index < -0.39 is 11.4 Å². The molecule has 0 saturated carbocycles. The Morgan fingerprint density at radius 1 is 0.773 bits per heavy atom. The fourth-order valence-corrected chi connectivity index (χ4v) is 3.07. The van der Waals surface area contributed by atoms with E-state index in [1.807, 2.05) is 0 Å². The van der Waals surface area contributed by atoms with Gasteiger partial charge in [0.2, 0.25) is 0 Å². The van der Waals surface area contributed by atoms with E-state index in [1.165, 1.54) is 51.4 Å². The normalized spacial score (nSPS) is 14.1. The maximum atomic E-state index is 11.6. The van der Waals surface area contributed by atoms with Crippen molar-refractivity contribution in [1.29, 1.82) is 0 Å². The van der Waals surface area contributed by atoms with Gasteiger partial charge in [-0.05, 0) is 18.8 Å². The van der Waals surface area contributed by atoms with E-state index in [0.29, 0.717) is 19.1 Å². The first kappa shape index (κ1) is 22.1. The Morgan fingerprint density at radius 3 is 1.95 bits per heavy atom. The first-order valence-electron chi connectivity index (χ1n) is 9.42. The Kier molecular flexibility index (Phi) is 17.5. The molecule has 0 fully saturated rings. The van der Waals surface area contributed by atoms with Crippen LogP contribution in [-0.4, -0.2) is 17.4 Å². The van der Waals surface area contributed by atoms with Gasteiger partial charge in [-0.15, -0.1) is 0 Å². The highest BCUT2D eigenvalue weighted by Crippen LogP contribution is 2.14. The molecule has 0 saturated heterocycles. The van der Waals surface area contributed by atoms with Crippen LogP contribution in [0.25, 0.3) is 0 Å². The molecule has 22 heavy (non-hydrogen) atoms. The van der Waals surface area contributed by atoms with Gasteiger partial charge in [0, 0.05) is 0 Å². The lowest BCUT2D eigenvalue weighted by atomic mass is 10.0. The van der Waals surface area contributed by atoms with Crippen molar-refractivity contribution in [3.63, 3.8) is 0 Å². The molecule has 3 nitrogen and oxygen atoms in total. The SMILES string of the molecule is CCCCCCCCCCOS(=O)OCC(CC)CCCC. The lowest BCUT2D eigenvalue weighted by molar-refractivity contribution is 0.205. The van der Waals surface area contributed by atoms with Crippen LogP contribution in [0.5, 0.6) is 0 Å². The van der Waals surface area contributed by atoms with Gasteiger partial charge >= 0.3 is 11.4 Å². The van der Waals surface area contributed by atoms with Crippen molar-refractivity contribution in [2.75, 3.05) is 13.2 Å². The summed E-state index contributed by atoms with van der Waals surface area (Å²) in [5, 5.41) is 0. The van der Waals surface area contributed by atoms with Gasteiger partial charge in [-0.2, -0.15) is 4.21 Å². The largest absolute Gasteiger partial charge is 0.304 e.